The van der Waals surface area contributed by atoms with Gasteiger partial charge in [0.2, 0.25) is 0 Å². The first-order valence-electron chi connectivity index (χ1n) is 24.6. The van der Waals surface area contributed by atoms with Gasteiger partial charge in [0.25, 0.3) is 0 Å². The van der Waals surface area contributed by atoms with Crippen molar-refractivity contribution in [2.24, 2.45) is 0 Å². The van der Waals surface area contributed by atoms with E-state index in [-0.39, 0.29) is 11.6 Å². The number of hydrogen-bond donors (Lipinski definition) is 2. The number of ketones is 2. The van der Waals surface area contributed by atoms with Gasteiger partial charge in [-0.3, -0.25) is 0 Å². The molecule has 7 aromatic rings. The van der Waals surface area contributed by atoms with Crippen molar-refractivity contribution in [2.75, 3.05) is 13.2 Å². The summed E-state index contributed by atoms with van der Waals surface area (Å²) in [6.07, 6.45) is 12.8. The van der Waals surface area contributed by atoms with E-state index in [1.165, 1.54) is 22.3 Å². The molecule has 70 heavy (non-hydrogen) atoms. The Kier molecular flexibility index (Phi) is 13.9. The number of unbranched alkanes of at least 4 members (excludes halogenated alkanes) is 2. The highest BCUT2D eigenvalue weighted by atomic mass is 16.5. The van der Waals surface area contributed by atoms with Gasteiger partial charge in [0.05, 0.1) is 36.0 Å². The van der Waals surface area contributed by atoms with Crippen LogP contribution in [-0.4, -0.2) is 44.7 Å². The van der Waals surface area contributed by atoms with Crippen molar-refractivity contribution in [1.29, 1.82) is 0 Å². The molecule has 4 aromatic carbocycles. The van der Waals surface area contributed by atoms with Gasteiger partial charge in [0, 0.05) is 57.2 Å². The molecule has 0 radical (unpaired) electrons. The molecule has 2 aliphatic rings. The third kappa shape index (κ3) is 10.2. The van der Waals surface area contributed by atoms with Gasteiger partial charge in [0.1, 0.15) is 23.1 Å². The van der Waals surface area contributed by atoms with Gasteiger partial charge in [0.15, 0.2) is 0 Å². The second-order valence-corrected chi connectivity index (χ2v) is 19.1. The monoisotopic (exact) mass is 926 g/mol. The lowest BCUT2D eigenvalue weighted by Gasteiger charge is -2.14. The van der Waals surface area contributed by atoms with E-state index in [9.17, 15) is 9.59 Å². The van der Waals surface area contributed by atoms with Gasteiger partial charge < -0.3 is 29.0 Å². The number of H-pyrrole nitrogens is 2. The standard InChI is InChI=1S/C62H62N4O4/c1-37-31-39(3)57(40(4)32-37)61-53-25-21-49(63-53)59(45-17-13-19-47(35-45)69-29-11-9-15-43(7)67)51-23-27-55(65-51)62(58-41(5)33-38(2)34-42(58)6)56-28-24-52(66-56)60(50-22-26-54(61)64-50)46-18-14-20-48(36-46)70-30-12-10-16-44(8)68/h13-14,17-28,31-36,63-64H,9-12,15-16,29-30H2,1-8H3. The van der Waals surface area contributed by atoms with Crippen molar-refractivity contribution in [2.45, 2.75) is 93.9 Å². The van der Waals surface area contributed by atoms with Crippen molar-refractivity contribution >= 4 is 57.9 Å². The van der Waals surface area contributed by atoms with Gasteiger partial charge in [-0.2, -0.15) is 0 Å². The van der Waals surface area contributed by atoms with Crippen molar-refractivity contribution in [3.8, 4) is 56.0 Å². The van der Waals surface area contributed by atoms with Crippen LogP contribution in [0.15, 0.2) is 97.1 Å². The largest absolute Gasteiger partial charge is 0.494 e. The van der Waals surface area contributed by atoms with Crippen LogP contribution >= 0.6 is 0 Å². The topological polar surface area (TPSA) is 110 Å². The highest BCUT2D eigenvalue weighted by Gasteiger charge is 2.22. The summed E-state index contributed by atoms with van der Waals surface area (Å²) in [7, 11) is 0. The summed E-state index contributed by atoms with van der Waals surface area (Å²) >= 11 is 0. The van der Waals surface area contributed by atoms with E-state index in [1.807, 2.05) is 24.3 Å². The van der Waals surface area contributed by atoms with Crippen LogP contribution in [-0.2, 0) is 9.59 Å². The molecule has 0 unspecified atom stereocenters. The number of Topliss-reactive ketones (excluding diaryl/α,β-unsaturated/α-hetero) is 2. The van der Waals surface area contributed by atoms with E-state index >= 15 is 0 Å². The number of carbonyl (C=O) groups is 2. The molecule has 0 atom stereocenters. The summed E-state index contributed by atoms with van der Waals surface area (Å²) in [5.41, 5.74) is 22.2. The summed E-state index contributed by atoms with van der Waals surface area (Å²) in [4.78, 5) is 42.2. The molecule has 8 nitrogen and oxygen atoms in total. The van der Waals surface area contributed by atoms with Gasteiger partial charge in [-0.1, -0.05) is 59.7 Å². The third-order valence-corrected chi connectivity index (χ3v) is 13.2. The molecule has 354 valence electrons. The first kappa shape index (κ1) is 47.5. The molecular formula is C62H62N4O4. The average molecular weight is 927 g/mol. The molecule has 0 amide bonds. The maximum atomic E-state index is 11.6. The quantitative estimate of drug-likeness (QED) is 0.0934. The zero-order chi connectivity index (χ0) is 49.1. The van der Waals surface area contributed by atoms with Crippen LogP contribution in [0.5, 0.6) is 11.5 Å². The maximum Gasteiger partial charge on any atom is 0.129 e. The number of aryl methyl sites for hydroxylation is 6. The first-order valence-corrected chi connectivity index (χ1v) is 24.6. The van der Waals surface area contributed by atoms with Crippen LogP contribution in [0.3, 0.4) is 0 Å². The summed E-state index contributed by atoms with van der Waals surface area (Å²) < 4.78 is 12.6. The number of carbonyl (C=O) groups excluding carboxylic acids is 2. The number of nitrogens with one attached hydrogen (secondary N) is 2. The van der Waals surface area contributed by atoms with E-state index in [2.05, 4.69) is 149 Å². The fraction of sp³-hybridized carbons (Fsp3) is 0.258. The van der Waals surface area contributed by atoms with E-state index in [0.717, 1.165) is 138 Å². The second kappa shape index (κ2) is 20.6. The molecule has 0 spiro atoms. The molecule has 8 bridgehead atoms. The number of aromatic nitrogens is 4. The minimum absolute atomic E-state index is 0.197. The van der Waals surface area contributed by atoms with Crippen molar-refractivity contribution < 1.29 is 19.1 Å². The minimum atomic E-state index is 0.197. The van der Waals surface area contributed by atoms with E-state index in [1.54, 1.807) is 13.8 Å². The Morgan fingerprint density at radius 3 is 1.17 bits per heavy atom. The lowest BCUT2D eigenvalue weighted by atomic mass is 9.92. The molecule has 8 heteroatoms. The molecule has 0 fully saturated rings. The highest BCUT2D eigenvalue weighted by Crippen LogP contribution is 2.42. The number of ether oxygens (including phenoxy) is 2. The van der Waals surface area contributed by atoms with Crippen LogP contribution in [0.4, 0.5) is 0 Å². The zero-order valence-electron chi connectivity index (χ0n) is 41.7. The number of fused-ring (bicyclic) bond motifs is 8. The molecule has 0 saturated heterocycles. The number of nitrogens with zero attached hydrogens (tertiary/aromatic N) is 2. The third-order valence-electron chi connectivity index (χ3n) is 13.2. The fourth-order valence-corrected chi connectivity index (χ4v) is 10.3. The number of aromatic amines is 2. The molecule has 0 saturated carbocycles. The van der Waals surface area contributed by atoms with E-state index in [0.29, 0.717) is 26.1 Å². The predicted molar refractivity (Wildman–Crippen MR) is 289 cm³/mol. The van der Waals surface area contributed by atoms with Gasteiger partial charge in [-0.05, 0) is 198 Å². The van der Waals surface area contributed by atoms with Crippen LogP contribution < -0.4 is 9.47 Å². The first-order chi connectivity index (χ1) is 33.8. The Morgan fingerprint density at radius 1 is 0.429 bits per heavy atom. The number of hydrogen-bond acceptors (Lipinski definition) is 6. The van der Waals surface area contributed by atoms with E-state index in [4.69, 9.17) is 19.4 Å². The summed E-state index contributed by atoms with van der Waals surface area (Å²) in [6.45, 7) is 17.3. The molecule has 0 aliphatic carbocycles. The number of benzene rings is 4. The molecular weight excluding hydrogens is 865 g/mol. The lowest BCUT2D eigenvalue weighted by Crippen LogP contribution is -1.99. The zero-order valence-corrected chi connectivity index (χ0v) is 41.7. The SMILES string of the molecule is CC(=O)CCCCOc1cccc(-c2c3nc(c(-c4c(C)cc(C)cc4C)c4nc(c(-c5cccc(OCCCCC(C)=O)c5)c5ccc([nH]5)c(-c5c(C)cc(C)cc5C)c5ccc2[nH]5)C=C4)C=C3)c1. The Balaban J connectivity index is 1.35. The molecule has 9 rings (SSSR count). The normalized spacial score (nSPS) is 11.9. The van der Waals surface area contributed by atoms with Crippen molar-refractivity contribution in [3.63, 3.8) is 0 Å². The van der Waals surface area contributed by atoms with Gasteiger partial charge in [-0.25, -0.2) is 9.97 Å². The number of rotatable bonds is 16. The predicted octanol–water partition coefficient (Wildman–Crippen LogP) is 15.5. The van der Waals surface area contributed by atoms with Gasteiger partial charge in [-0.15, -0.1) is 0 Å². The van der Waals surface area contributed by atoms with Crippen molar-refractivity contribution in [3.05, 3.63) is 153 Å². The molecule has 3 aromatic heterocycles. The molecule has 2 N–H and O–H groups in total. The Labute approximate surface area is 411 Å². The molecule has 2 aliphatic heterocycles. The van der Waals surface area contributed by atoms with Crippen LogP contribution in [0.2, 0.25) is 0 Å². The van der Waals surface area contributed by atoms with Crippen LogP contribution in [0, 0.1) is 41.5 Å². The second-order valence-electron chi connectivity index (χ2n) is 19.1. The Morgan fingerprint density at radius 2 is 0.786 bits per heavy atom. The maximum absolute atomic E-state index is 11.6. The summed E-state index contributed by atoms with van der Waals surface area (Å²) in [6, 6.07) is 34.2. The minimum Gasteiger partial charge on any atom is -0.494 e. The van der Waals surface area contributed by atoms with E-state index < -0.39 is 0 Å². The smallest absolute Gasteiger partial charge is 0.129 e. The van der Waals surface area contributed by atoms with Gasteiger partial charge >= 0.3 is 0 Å². The fourth-order valence-electron chi connectivity index (χ4n) is 10.3. The van der Waals surface area contributed by atoms with Crippen molar-refractivity contribution in [1.82, 2.24) is 19.9 Å². The Hall–Kier alpha value is -7.58. The Bertz CT molecular complexity index is 3210. The lowest BCUT2D eigenvalue weighted by molar-refractivity contribution is -0.118. The van der Waals surface area contributed by atoms with Crippen LogP contribution in [0.1, 0.15) is 109 Å². The van der Waals surface area contributed by atoms with Crippen LogP contribution in [0.25, 0.3) is 90.9 Å². The average Bonchev–Trinajstić information content (AvgIpc) is 4.16. The summed E-state index contributed by atoms with van der Waals surface area (Å²) in [5.74, 6) is 1.92. The molecule has 5 heterocycles. The summed E-state index contributed by atoms with van der Waals surface area (Å²) in [5, 5.41) is 0. The highest BCUT2D eigenvalue weighted by molar-refractivity contribution is 6.01.